The Bertz CT molecular complexity index is 390. The van der Waals surface area contributed by atoms with Crippen molar-refractivity contribution in [2.45, 2.75) is 46.6 Å². The Morgan fingerprint density at radius 2 is 1.89 bits per heavy atom. The second kappa shape index (κ2) is 8.70. The number of allylic oxidation sites excluding steroid dienone is 4. The molecule has 3 nitrogen and oxygen atoms in total. The number of hydrogen-bond acceptors (Lipinski definition) is 2. The van der Waals surface area contributed by atoms with Crippen molar-refractivity contribution in [2.75, 3.05) is 14.1 Å². The average Bonchev–Trinajstić information content (AvgIpc) is 2.29. The number of rotatable bonds is 7. The standard InChI is InChI=1S/C16H27NO2/c1-7-10-12(4)13(9-3)14(11-8-2)15(16(18)19)17(5)6/h7,10-11,15H,8-9H2,1-6H3,(H,18,19)/b10-7-,13-12+,14-11+. The van der Waals surface area contributed by atoms with E-state index in [1.54, 1.807) is 19.0 Å². The number of carboxylic acids is 1. The largest absolute Gasteiger partial charge is 0.480 e. The van der Waals surface area contributed by atoms with Crippen LogP contribution in [0.4, 0.5) is 0 Å². The van der Waals surface area contributed by atoms with Crippen molar-refractivity contribution in [1.29, 1.82) is 0 Å². The molecule has 0 rings (SSSR count). The van der Waals surface area contributed by atoms with Crippen LogP contribution < -0.4 is 0 Å². The first-order chi connectivity index (χ1) is 8.90. The highest BCUT2D eigenvalue weighted by Gasteiger charge is 2.26. The summed E-state index contributed by atoms with van der Waals surface area (Å²) in [6.07, 6.45) is 7.72. The predicted molar refractivity (Wildman–Crippen MR) is 81.3 cm³/mol. The van der Waals surface area contributed by atoms with Crippen LogP contribution in [0.3, 0.4) is 0 Å². The van der Waals surface area contributed by atoms with Gasteiger partial charge in [0.25, 0.3) is 0 Å². The van der Waals surface area contributed by atoms with Gasteiger partial charge in [-0.15, -0.1) is 0 Å². The quantitative estimate of drug-likeness (QED) is 0.714. The third-order valence-electron chi connectivity index (χ3n) is 3.06. The monoisotopic (exact) mass is 265 g/mol. The molecule has 19 heavy (non-hydrogen) atoms. The Hall–Kier alpha value is -1.35. The first kappa shape index (κ1) is 17.6. The number of aliphatic carboxylic acids is 1. The van der Waals surface area contributed by atoms with Crippen molar-refractivity contribution in [1.82, 2.24) is 4.90 Å². The van der Waals surface area contributed by atoms with Crippen LogP contribution in [0.5, 0.6) is 0 Å². The molecule has 1 N–H and O–H groups in total. The van der Waals surface area contributed by atoms with Crippen molar-refractivity contribution in [3.8, 4) is 0 Å². The van der Waals surface area contributed by atoms with Gasteiger partial charge in [0.15, 0.2) is 0 Å². The number of likely N-dealkylation sites (N-methyl/N-ethyl adjacent to an activating group) is 1. The molecule has 0 aliphatic rings. The molecule has 0 aromatic heterocycles. The third kappa shape index (κ3) is 5.03. The maximum atomic E-state index is 11.5. The van der Waals surface area contributed by atoms with Gasteiger partial charge in [-0.3, -0.25) is 9.69 Å². The highest BCUT2D eigenvalue weighted by atomic mass is 16.4. The lowest BCUT2D eigenvalue weighted by Gasteiger charge is -2.25. The van der Waals surface area contributed by atoms with E-state index in [4.69, 9.17) is 0 Å². The summed E-state index contributed by atoms with van der Waals surface area (Å²) in [4.78, 5) is 13.3. The lowest BCUT2D eigenvalue weighted by Crippen LogP contribution is -2.38. The minimum atomic E-state index is -0.802. The van der Waals surface area contributed by atoms with E-state index in [1.807, 2.05) is 39.0 Å². The lowest BCUT2D eigenvalue weighted by molar-refractivity contribution is -0.140. The molecule has 1 atom stereocenters. The number of carboxylic acid groups (broad SMARTS) is 1. The van der Waals surface area contributed by atoms with Gasteiger partial charge in [0.1, 0.15) is 6.04 Å². The minimum Gasteiger partial charge on any atom is -0.480 e. The van der Waals surface area contributed by atoms with Crippen LogP contribution in [0.15, 0.2) is 34.9 Å². The van der Waals surface area contributed by atoms with E-state index in [1.165, 1.54) is 0 Å². The fourth-order valence-electron chi connectivity index (χ4n) is 2.31. The molecule has 0 amide bonds. The van der Waals surface area contributed by atoms with Crippen LogP contribution in [-0.4, -0.2) is 36.1 Å². The Morgan fingerprint density at radius 3 is 2.21 bits per heavy atom. The topological polar surface area (TPSA) is 40.5 Å². The number of hydrogen-bond donors (Lipinski definition) is 1. The van der Waals surface area contributed by atoms with Crippen molar-refractivity contribution in [2.24, 2.45) is 0 Å². The van der Waals surface area contributed by atoms with Crippen LogP contribution in [0, 0.1) is 0 Å². The van der Waals surface area contributed by atoms with Crippen LogP contribution >= 0.6 is 0 Å². The number of nitrogens with zero attached hydrogens (tertiary/aromatic N) is 1. The zero-order valence-corrected chi connectivity index (χ0v) is 13.0. The Kier molecular flexibility index (Phi) is 8.08. The fraction of sp³-hybridized carbons (Fsp3) is 0.562. The Balaban J connectivity index is 5.84. The van der Waals surface area contributed by atoms with E-state index in [2.05, 4.69) is 6.92 Å². The van der Waals surface area contributed by atoms with E-state index in [0.29, 0.717) is 0 Å². The summed E-state index contributed by atoms with van der Waals surface area (Å²) in [6, 6.07) is -0.588. The molecule has 108 valence electrons. The summed E-state index contributed by atoms with van der Waals surface area (Å²) in [7, 11) is 3.61. The van der Waals surface area contributed by atoms with Gasteiger partial charge in [-0.25, -0.2) is 0 Å². The van der Waals surface area contributed by atoms with Crippen LogP contribution in [-0.2, 0) is 4.79 Å². The zero-order chi connectivity index (χ0) is 15.0. The normalized spacial score (nSPS) is 15.8. The third-order valence-corrected chi connectivity index (χ3v) is 3.06. The highest BCUT2D eigenvalue weighted by Crippen LogP contribution is 2.25. The molecule has 0 saturated carbocycles. The van der Waals surface area contributed by atoms with Crippen LogP contribution in [0.1, 0.15) is 40.5 Å². The maximum absolute atomic E-state index is 11.5. The molecule has 1 unspecified atom stereocenters. The van der Waals surface area contributed by atoms with E-state index in [9.17, 15) is 9.90 Å². The minimum absolute atomic E-state index is 0.588. The van der Waals surface area contributed by atoms with E-state index in [-0.39, 0.29) is 0 Å². The summed E-state index contributed by atoms with van der Waals surface area (Å²) in [5.41, 5.74) is 3.18. The molecule has 0 bridgehead atoms. The van der Waals surface area contributed by atoms with Gasteiger partial charge in [-0.2, -0.15) is 0 Å². The van der Waals surface area contributed by atoms with E-state index >= 15 is 0 Å². The molecular formula is C16H27NO2. The van der Waals surface area contributed by atoms with E-state index in [0.717, 1.165) is 29.6 Å². The summed E-state index contributed by atoms with van der Waals surface area (Å²) in [6.45, 7) is 8.12. The molecule has 0 aromatic rings. The van der Waals surface area contributed by atoms with Gasteiger partial charge in [-0.1, -0.05) is 32.1 Å². The molecule has 0 radical (unpaired) electrons. The van der Waals surface area contributed by atoms with Crippen molar-refractivity contribution < 1.29 is 9.90 Å². The molecular weight excluding hydrogens is 238 g/mol. The molecule has 0 aromatic carbocycles. The molecule has 0 aliphatic carbocycles. The first-order valence-electron chi connectivity index (χ1n) is 6.82. The molecule has 0 fully saturated rings. The van der Waals surface area contributed by atoms with Gasteiger partial charge in [-0.05, 0) is 57.5 Å². The fourth-order valence-corrected chi connectivity index (χ4v) is 2.31. The lowest BCUT2D eigenvalue weighted by atomic mass is 9.91. The predicted octanol–water partition coefficient (Wildman–Crippen LogP) is 3.64. The molecule has 0 spiro atoms. The molecule has 0 aliphatic heterocycles. The van der Waals surface area contributed by atoms with E-state index < -0.39 is 12.0 Å². The smallest absolute Gasteiger partial charge is 0.325 e. The van der Waals surface area contributed by atoms with Gasteiger partial charge in [0.2, 0.25) is 0 Å². The van der Waals surface area contributed by atoms with Crippen LogP contribution in [0.25, 0.3) is 0 Å². The van der Waals surface area contributed by atoms with Crippen molar-refractivity contribution in [3.63, 3.8) is 0 Å². The van der Waals surface area contributed by atoms with Crippen molar-refractivity contribution >= 4 is 5.97 Å². The SMILES string of the molecule is C\C=C/C(C)=C(CC)/C(=C\CC)C(C(=O)O)N(C)C. The first-order valence-corrected chi connectivity index (χ1v) is 6.82. The van der Waals surface area contributed by atoms with Gasteiger partial charge >= 0.3 is 5.97 Å². The van der Waals surface area contributed by atoms with Gasteiger partial charge in [0, 0.05) is 0 Å². The number of carbonyl (C=O) groups is 1. The maximum Gasteiger partial charge on any atom is 0.325 e. The van der Waals surface area contributed by atoms with Crippen LogP contribution in [0.2, 0.25) is 0 Å². The molecule has 0 saturated heterocycles. The summed E-state index contributed by atoms with van der Waals surface area (Å²) in [5.74, 6) is -0.802. The van der Waals surface area contributed by atoms with Crippen molar-refractivity contribution in [3.05, 3.63) is 34.9 Å². The van der Waals surface area contributed by atoms with Gasteiger partial charge in [0.05, 0.1) is 0 Å². The zero-order valence-electron chi connectivity index (χ0n) is 13.0. The summed E-state index contributed by atoms with van der Waals surface area (Å²) < 4.78 is 0. The second-order valence-electron chi connectivity index (χ2n) is 4.79. The highest BCUT2D eigenvalue weighted by molar-refractivity contribution is 5.79. The van der Waals surface area contributed by atoms with Gasteiger partial charge < -0.3 is 5.11 Å². The average molecular weight is 265 g/mol. The summed E-state index contributed by atoms with van der Waals surface area (Å²) >= 11 is 0. The molecule has 0 heterocycles. The Morgan fingerprint density at radius 1 is 1.32 bits per heavy atom. The Labute approximate surface area is 117 Å². The second-order valence-corrected chi connectivity index (χ2v) is 4.79. The summed E-state index contributed by atoms with van der Waals surface area (Å²) in [5, 5.41) is 9.47. The molecule has 3 heteroatoms.